The molecule has 4 nitrogen and oxygen atoms in total. The van der Waals surface area contributed by atoms with Crippen molar-refractivity contribution in [2.75, 3.05) is 11.6 Å². The van der Waals surface area contributed by atoms with Gasteiger partial charge in [-0.3, -0.25) is 0 Å². The molecule has 0 bridgehead atoms. The first-order chi connectivity index (χ1) is 6.49. The molecule has 0 aliphatic heterocycles. The standard InChI is InChI=1S/C8H8F2N2O2/c9-5-1-6(10)3-7(2-5)12(11)4-8(13)14/h1-3H,4,11H2,(H,13,14)/p-1. The highest BCUT2D eigenvalue weighted by molar-refractivity contribution is 5.71. The van der Waals surface area contributed by atoms with E-state index in [1.807, 2.05) is 0 Å². The van der Waals surface area contributed by atoms with E-state index in [2.05, 4.69) is 0 Å². The first-order valence-electron chi connectivity index (χ1n) is 3.67. The van der Waals surface area contributed by atoms with Gasteiger partial charge in [-0.1, -0.05) is 0 Å². The second-order valence-electron chi connectivity index (χ2n) is 2.63. The third kappa shape index (κ3) is 2.67. The van der Waals surface area contributed by atoms with E-state index in [-0.39, 0.29) is 5.69 Å². The van der Waals surface area contributed by atoms with Gasteiger partial charge >= 0.3 is 0 Å². The highest BCUT2D eigenvalue weighted by Crippen LogP contribution is 2.14. The van der Waals surface area contributed by atoms with Crippen LogP contribution in [0.25, 0.3) is 0 Å². The van der Waals surface area contributed by atoms with Gasteiger partial charge in [-0.15, -0.1) is 0 Å². The van der Waals surface area contributed by atoms with Crippen LogP contribution >= 0.6 is 0 Å². The summed E-state index contributed by atoms with van der Waals surface area (Å²) in [5, 5.41) is 10.8. The van der Waals surface area contributed by atoms with Crippen LogP contribution in [0.3, 0.4) is 0 Å². The number of aliphatic carboxylic acids is 1. The second kappa shape index (κ2) is 4.01. The maximum atomic E-state index is 12.6. The molecule has 1 aromatic rings. The number of hydrazine groups is 1. The van der Waals surface area contributed by atoms with Crippen LogP contribution in [0, 0.1) is 11.6 Å². The van der Waals surface area contributed by atoms with Crippen LogP contribution < -0.4 is 16.0 Å². The number of nitrogens with two attached hydrogens (primary N) is 1. The number of carboxylic acids is 1. The molecule has 0 aliphatic carbocycles. The molecule has 0 radical (unpaired) electrons. The van der Waals surface area contributed by atoms with Gasteiger partial charge in [0, 0.05) is 6.07 Å². The highest BCUT2D eigenvalue weighted by atomic mass is 19.1. The van der Waals surface area contributed by atoms with Crippen LogP contribution in [0.2, 0.25) is 0 Å². The van der Waals surface area contributed by atoms with Crippen LogP contribution in [0.5, 0.6) is 0 Å². The fourth-order valence-corrected chi connectivity index (χ4v) is 0.935. The number of benzene rings is 1. The lowest BCUT2D eigenvalue weighted by Gasteiger charge is -2.18. The zero-order valence-electron chi connectivity index (χ0n) is 7.04. The molecule has 0 heterocycles. The fourth-order valence-electron chi connectivity index (χ4n) is 0.935. The minimum absolute atomic E-state index is 0.0632. The summed E-state index contributed by atoms with van der Waals surface area (Å²) in [6.45, 7) is -0.636. The van der Waals surface area contributed by atoms with Crippen molar-refractivity contribution in [2.24, 2.45) is 5.84 Å². The molecule has 14 heavy (non-hydrogen) atoms. The number of halogens is 2. The van der Waals surface area contributed by atoms with Crippen molar-refractivity contribution in [3.05, 3.63) is 29.8 Å². The summed E-state index contributed by atoms with van der Waals surface area (Å²) < 4.78 is 25.3. The minimum Gasteiger partial charge on any atom is -0.548 e. The Labute approximate surface area is 78.5 Å². The number of rotatable bonds is 3. The summed E-state index contributed by atoms with van der Waals surface area (Å²) in [7, 11) is 0. The second-order valence-corrected chi connectivity index (χ2v) is 2.63. The van der Waals surface area contributed by atoms with Gasteiger partial charge in [0.25, 0.3) is 0 Å². The molecular formula is C8H7F2N2O2-. The average Bonchev–Trinajstić information content (AvgIpc) is 2.00. The molecule has 0 fully saturated rings. The van der Waals surface area contributed by atoms with Gasteiger partial charge in [-0.25, -0.2) is 14.6 Å². The molecule has 0 saturated heterocycles. The molecule has 0 aromatic heterocycles. The zero-order valence-corrected chi connectivity index (χ0v) is 7.04. The third-order valence-electron chi connectivity index (χ3n) is 1.48. The van der Waals surface area contributed by atoms with E-state index in [0.717, 1.165) is 12.1 Å². The first-order valence-corrected chi connectivity index (χ1v) is 3.67. The number of carbonyl (C=O) groups is 1. The van der Waals surface area contributed by atoms with E-state index in [1.165, 1.54) is 0 Å². The highest BCUT2D eigenvalue weighted by Gasteiger charge is 2.05. The summed E-state index contributed by atoms with van der Waals surface area (Å²) in [4.78, 5) is 10.1. The smallest absolute Gasteiger partial charge is 0.128 e. The third-order valence-corrected chi connectivity index (χ3v) is 1.48. The Bertz CT molecular complexity index is 337. The Morgan fingerprint density at radius 2 is 1.86 bits per heavy atom. The normalized spacial score (nSPS) is 9.93. The van der Waals surface area contributed by atoms with Gasteiger partial charge in [0.2, 0.25) is 0 Å². The zero-order chi connectivity index (χ0) is 10.7. The molecule has 0 atom stereocenters. The molecule has 2 N–H and O–H groups in total. The predicted octanol–water partition coefficient (Wildman–Crippen LogP) is -0.605. The van der Waals surface area contributed by atoms with E-state index in [9.17, 15) is 18.7 Å². The van der Waals surface area contributed by atoms with Crippen LogP contribution in [0.15, 0.2) is 18.2 Å². The Balaban J connectivity index is 2.89. The maximum absolute atomic E-state index is 12.6. The van der Waals surface area contributed by atoms with Crippen LogP contribution in [0.4, 0.5) is 14.5 Å². The van der Waals surface area contributed by atoms with E-state index in [0.29, 0.717) is 11.1 Å². The van der Waals surface area contributed by atoms with Gasteiger partial charge in [-0.2, -0.15) is 0 Å². The van der Waals surface area contributed by atoms with Crippen LogP contribution in [-0.2, 0) is 4.79 Å². The van der Waals surface area contributed by atoms with Crippen LogP contribution in [-0.4, -0.2) is 12.5 Å². The number of carbonyl (C=O) groups excluding carboxylic acids is 1. The van der Waals surface area contributed by atoms with E-state index >= 15 is 0 Å². The quantitative estimate of drug-likeness (QED) is 0.523. The van der Waals surface area contributed by atoms with Crippen molar-refractivity contribution in [3.8, 4) is 0 Å². The summed E-state index contributed by atoms with van der Waals surface area (Å²) in [5.74, 6) is 2.13. The predicted molar refractivity (Wildman–Crippen MR) is 42.9 cm³/mol. The molecule has 0 unspecified atom stereocenters. The van der Waals surface area contributed by atoms with E-state index in [4.69, 9.17) is 5.84 Å². The van der Waals surface area contributed by atoms with Gasteiger partial charge in [0.1, 0.15) is 11.6 Å². The van der Waals surface area contributed by atoms with Crippen molar-refractivity contribution in [1.29, 1.82) is 0 Å². The number of nitrogens with zero attached hydrogens (tertiary/aromatic N) is 1. The Morgan fingerprint density at radius 1 is 1.36 bits per heavy atom. The van der Waals surface area contributed by atoms with Gasteiger partial charge in [0.05, 0.1) is 18.2 Å². The van der Waals surface area contributed by atoms with Crippen molar-refractivity contribution in [3.63, 3.8) is 0 Å². The molecule has 0 amide bonds. The van der Waals surface area contributed by atoms with Gasteiger partial charge in [0.15, 0.2) is 0 Å². The minimum atomic E-state index is -1.43. The maximum Gasteiger partial charge on any atom is 0.128 e. The topological polar surface area (TPSA) is 69.4 Å². The summed E-state index contributed by atoms with van der Waals surface area (Å²) in [5.41, 5.74) is -0.0632. The van der Waals surface area contributed by atoms with Gasteiger partial charge < -0.3 is 14.9 Å². The first kappa shape index (κ1) is 10.4. The lowest BCUT2D eigenvalue weighted by molar-refractivity contribution is -0.303. The molecule has 76 valence electrons. The SMILES string of the molecule is NN(CC(=O)[O-])c1cc(F)cc(F)c1. The molecule has 1 rings (SSSR count). The average molecular weight is 201 g/mol. The van der Waals surface area contributed by atoms with Crippen molar-refractivity contribution in [2.45, 2.75) is 0 Å². The van der Waals surface area contributed by atoms with Crippen LogP contribution in [0.1, 0.15) is 0 Å². The van der Waals surface area contributed by atoms with Crippen molar-refractivity contribution >= 4 is 11.7 Å². The number of hydrogen-bond donors (Lipinski definition) is 1. The summed E-state index contributed by atoms with van der Waals surface area (Å²) >= 11 is 0. The van der Waals surface area contributed by atoms with Crippen molar-refractivity contribution < 1.29 is 18.7 Å². The Kier molecular flexibility index (Phi) is 2.98. The fraction of sp³-hybridized carbons (Fsp3) is 0.125. The van der Waals surface area contributed by atoms with Gasteiger partial charge in [-0.05, 0) is 12.1 Å². The number of carboxylic acid groups (broad SMARTS) is 1. The van der Waals surface area contributed by atoms with E-state index < -0.39 is 24.1 Å². The lowest BCUT2D eigenvalue weighted by atomic mass is 10.3. The monoisotopic (exact) mass is 201 g/mol. The van der Waals surface area contributed by atoms with E-state index in [1.54, 1.807) is 0 Å². The summed E-state index contributed by atoms with van der Waals surface area (Å²) in [6.07, 6.45) is 0. The lowest BCUT2D eigenvalue weighted by Crippen LogP contribution is -2.42. The molecule has 0 spiro atoms. The molecule has 0 saturated carbocycles. The largest absolute Gasteiger partial charge is 0.548 e. The molecule has 0 aliphatic rings. The number of anilines is 1. The summed E-state index contributed by atoms with van der Waals surface area (Å²) in [6, 6.07) is 2.51. The Hall–Kier alpha value is -1.69. The molecule has 6 heteroatoms. The molecular weight excluding hydrogens is 194 g/mol. The molecule has 1 aromatic carbocycles. The number of hydrogen-bond acceptors (Lipinski definition) is 4. The van der Waals surface area contributed by atoms with Crippen molar-refractivity contribution in [1.82, 2.24) is 0 Å². The Morgan fingerprint density at radius 3 is 2.29 bits per heavy atom.